The summed E-state index contributed by atoms with van der Waals surface area (Å²) in [5, 5.41) is 11.2. The molecule has 2 aromatic rings. The number of guanidine groups is 1. The van der Waals surface area contributed by atoms with E-state index in [0.717, 1.165) is 43.5 Å². The maximum atomic E-state index is 5.36. The molecule has 0 amide bonds. The molecule has 3 rings (SSSR count). The van der Waals surface area contributed by atoms with Crippen molar-refractivity contribution in [1.29, 1.82) is 0 Å². The zero-order chi connectivity index (χ0) is 19.3. The molecule has 2 heterocycles. The predicted octanol–water partition coefficient (Wildman–Crippen LogP) is 2.13. The van der Waals surface area contributed by atoms with E-state index in [1.54, 1.807) is 13.4 Å². The van der Waals surface area contributed by atoms with Crippen LogP contribution in [0.1, 0.15) is 38.6 Å². The second-order valence-corrected chi connectivity index (χ2v) is 7.55. The number of rotatable bonds is 6. The molecule has 0 bridgehead atoms. The molecule has 1 atom stereocenters. The lowest BCUT2D eigenvalue weighted by Gasteiger charge is -2.27. The summed E-state index contributed by atoms with van der Waals surface area (Å²) in [4.78, 5) is 9.15. The number of aliphatic imine (C=N–C) groups is 1. The maximum Gasteiger partial charge on any atom is 0.191 e. The van der Waals surface area contributed by atoms with E-state index in [4.69, 9.17) is 9.73 Å². The van der Waals surface area contributed by atoms with Gasteiger partial charge in [-0.1, -0.05) is 26.0 Å². The first kappa shape index (κ1) is 19.2. The van der Waals surface area contributed by atoms with Crippen molar-refractivity contribution >= 4 is 5.96 Å². The van der Waals surface area contributed by atoms with Gasteiger partial charge in [-0.25, -0.2) is 9.67 Å². The van der Waals surface area contributed by atoms with Gasteiger partial charge in [-0.3, -0.25) is 4.99 Å². The molecule has 1 aromatic heterocycles. The molecule has 146 valence electrons. The fraction of sp³-hybridized carbons (Fsp3) is 0.550. The van der Waals surface area contributed by atoms with E-state index in [0.29, 0.717) is 12.6 Å². The minimum absolute atomic E-state index is 0.0947. The molecule has 7 nitrogen and oxygen atoms in total. The van der Waals surface area contributed by atoms with Crippen LogP contribution >= 0.6 is 0 Å². The molecule has 1 unspecified atom stereocenters. The zero-order valence-corrected chi connectivity index (χ0v) is 16.7. The van der Waals surface area contributed by atoms with Crippen LogP contribution in [-0.2, 0) is 18.4 Å². The molecular weight excluding hydrogens is 340 g/mol. The van der Waals surface area contributed by atoms with Gasteiger partial charge in [0.2, 0.25) is 0 Å². The number of aromatic nitrogens is 3. The largest absolute Gasteiger partial charge is 0.497 e. The molecule has 0 spiro atoms. The first-order valence-corrected chi connectivity index (χ1v) is 9.58. The van der Waals surface area contributed by atoms with Crippen LogP contribution in [0.4, 0.5) is 0 Å². The van der Waals surface area contributed by atoms with Gasteiger partial charge in [-0.05, 0) is 31.0 Å². The number of hydrogen-bond acceptors (Lipinski definition) is 4. The Morgan fingerprint density at radius 2 is 2.26 bits per heavy atom. The van der Waals surface area contributed by atoms with E-state index in [1.165, 1.54) is 5.56 Å². The molecule has 0 aliphatic carbocycles. The first-order chi connectivity index (χ1) is 13.0. The molecule has 0 saturated heterocycles. The van der Waals surface area contributed by atoms with Crippen LogP contribution in [0.15, 0.2) is 35.6 Å². The summed E-state index contributed by atoms with van der Waals surface area (Å²) in [6, 6.07) is 8.52. The smallest absolute Gasteiger partial charge is 0.191 e. The van der Waals surface area contributed by atoms with Gasteiger partial charge < -0.3 is 15.4 Å². The topological polar surface area (TPSA) is 76.4 Å². The minimum Gasteiger partial charge on any atom is -0.497 e. The summed E-state index contributed by atoms with van der Waals surface area (Å²) in [6.07, 6.45) is 3.60. The van der Waals surface area contributed by atoms with Crippen LogP contribution in [-0.4, -0.2) is 47.0 Å². The van der Waals surface area contributed by atoms with Gasteiger partial charge in [0, 0.05) is 24.4 Å². The molecule has 1 aliphatic rings. The van der Waals surface area contributed by atoms with Crippen molar-refractivity contribution in [3.05, 3.63) is 42.0 Å². The second-order valence-electron chi connectivity index (χ2n) is 7.55. The quantitative estimate of drug-likeness (QED) is 0.602. The van der Waals surface area contributed by atoms with Crippen molar-refractivity contribution in [2.75, 3.05) is 20.2 Å². The third-order valence-electron chi connectivity index (χ3n) is 4.97. The Labute approximate surface area is 161 Å². The third-order valence-corrected chi connectivity index (χ3v) is 4.97. The summed E-state index contributed by atoms with van der Waals surface area (Å²) in [7, 11) is 1.70. The Morgan fingerprint density at radius 1 is 1.41 bits per heavy atom. The third kappa shape index (κ3) is 4.78. The van der Waals surface area contributed by atoms with Gasteiger partial charge in [0.25, 0.3) is 0 Å². The fourth-order valence-electron chi connectivity index (χ4n) is 3.28. The maximum absolute atomic E-state index is 5.36. The Balaban J connectivity index is 1.67. The number of methoxy groups -OCH3 is 1. The second kappa shape index (κ2) is 8.41. The van der Waals surface area contributed by atoms with Crippen LogP contribution in [0.2, 0.25) is 0 Å². The average molecular weight is 371 g/mol. The molecule has 0 fully saturated rings. The van der Waals surface area contributed by atoms with Crippen LogP contribution < -0.4 is 15.4 Å². The van der Waals surface area contributed by atoms with E-state index >= 15 is 0 Å². The number of nitrogens with zero attached hydrogens (tertiary/aromatic N) is 4. The highest BCUT2D eigenvalue weighted by molar-refractivity contribution is 5.80. The first-order valence-electron chi connectivity index (χ1n) is 9.58. The molecule has 0 saturated carbocycles. The molecule has 1 aromatic carbocycles. The highest BCUT2D eigenvalue weighted by Crippen LogP contribution is 2.26. The molecule has 0 radical (unpaired) electrons. The normalized spacial score (nSPS) is 17.3. The molecule has 7 heteroatoms. The average Bonchev–Trinajstić information content (AvgIpc) is 3.14. The van der Waals surface area contributed by atoms with E-state index in [-0.39, 0.29) is 5.41 Å². The standard InChI is InChI=1S/C20H30N6O/c1-5-21-19(25-16-9-10-18-23-14-24-26(18)12-16)22-13-20(2,3)15-7-6-8-17(11-15)27-4/h6-8,11,14,16H,5,9-10,12-13H2,1-4H3,(H2,21,22,25). The Bertz CT molecular complexity index is 782. The SMILES string of the molecule is CCNC(=NCC(C)(C)c1cccc(OC)c1)NC1CCc2ncnn2C1. The van der Waals surface area contributed by atoms with E-state index in [1.807, 2.05) is 16.8 Å². The lowest BCUT2D eigenvalue weighted by atomic mass is 9.84. The lowest BCUT2D eigenvalue weighted by molar-refractivity contribution is 0.392. The predicted molar refractivity (Wildman–Crippen MR) is 107 cm³/mol. The van der Waals surface area contributed by atoms with Crippen LogP contribution in [0.25, 0.3) is 0 Å². The number of fused-ring (bicyclic) bond motifs is 1. The lowest BCUT2D eigenvalue weighted by Crippen LogP contribution is -2.47. The number of aryl methyl sites for hydroxylation is 1. The Hall–Kier alpha value is -2.57. The molecule has 2 N–H and O–H groups in total. The molecule has 27 heavy (non-hydrogen) atoms. The van der Waals surface area contributed by atoms with Crippen LogP contribution in [0, 0.1) is 0 Å². The number of nitrogens with one attached hydrogen (secondary N) is 2. The summed E-state index contributed by atoms with van der Waals surface area (Å²) in [5.41, 5.74) is 1.12. The van der Waals surface area contributed by atoms with Crippen molar-refractivity contribution in [2.24, 2.45) is 4.99 Å². The fourth-order valence-corrected chi connectivity index (χ4v) is 3.28. The van der Waals surface area contributed by atoms with Gasteiger partial charge in [-0.2, -0.15) is 5.10 Å². The zero-order valence-electron chi connectivity index (χ0n) is 16.7. The molecular formula is C20H30N6O. The Kier molecular flexibility index (Phi) is 5.98. The summed E-state index contributed by atoms with van der Waals surface area (Å²) < 4.78 is 7.34. The summed E-state index contributed by atoms with van der Waals surface area (Å²) in [5.74, 6) is 2.79. The van der Waals surface area contributed by atoms with Crippen molar-refractivity contribution in [1.82, 2.24) is 25.4 Å². The van der Waals surface area contributed by atoms with Gasteiger partial charge in [-0.15, -0.1) is 0 Å². The highest BCUT2D eigenvalue weighted by atomic mass is 16.5. The van der Waals surface area contributed by atoms with E-state index < -0.39 is 0 Å². The highest BCUT2D eigenvalue weighted by Gasteiger charge is 2.23. The van der Waals surface area contributed by atoms with Gasteiger partial charge >= 0.3 is 0 Å². The number of ether oxygens (including phenoxy) is 1. The van der Waals surface area contributed by atoms with Gasteiger partial charge in [0.05, 0.1) is 20.2 Å². The summed E-state index contributed by atoms with van der Waals surface area (Å²) >= 11 is 0. The monoisotopic (exact) mass is 370 g/mol. The number of hydrogen-bond donors (Lipinski definition) is 2. The van der Waals surface area contributed by atoms with Gasteiger partial charge in [0.1, 0.15) is 17.9 Å². The van der Waals surface area contributed by atoms with Crippen molar-refractivity contribution in [3.8, 4) is 5.75 Å². The van der Waals surface area contributed by atoms with Crippen LogP contribution in [0.5, 0.6) is 5.75 Å². The van der Waals surface area contributed by atoms with Crippen molar-refractivity contribution in [2.45, 2.75) is 51.6 Å². The van der Waals surface area contributed by atoms with Crippen molar-refractivity contribution < 1.29 is 4.74 Å². The molecule has 1 aliphatic heterocycles. The van der Waals surface area contributed by atoms with Gasteiger partial charge in [0.15, 0.2) is 5.96 Å². The van der Waals surface area contributed by atoms with E-state index in [9.17, 15) is 0 Å². The van der Waals surface area contributed by atoms with E-state index in [2.05, 4.69) is 53.6 Å². The Morgan fingerprint density at radius 3 is 3.04 bits per heavy atom. The number of benzene rings is 1. The summed E-state index contributed by atoms with van der Waals surface area (Å²) in [6.45, 7) is 8.82. The van der Waals surface area contributed by atoms with Crippen LogP contribution in [0.3, 0.4) is 0 Å². The van der Waals surface area contributed by atoms with Crippen molar-refractivity contribution in [3.63, 3.8) is 0 Å². The minimum atomic E-state index is -0.0947.